The molecule has 0 spiro atoms. The highest BCUT2D eigenvalue weighted by Crippen LogP contribution is 2.32. The van der Waals surface area contributed by atoms with Crippen LogP contribution in [0.1, 0.15) is 11.1 Å². The predicted molar refractivity (Wildman–Crippen MR) is 107 cm³/mol. The molecule has 0 amide bonds. The van der Waals surface area contributed by atoms with E-state index in [4.69, 9.17) is 9.47 Å². The molecule has 0 fully saturated rings. The molecular formula is C19H20N2O4S2. The van der Waals surface area contributed by atoms with Crippen molar-refractivity contribution in [3.8, 4) is 22.8 Å². The van der Waals surface area contributed by atoms with Crippen LogP contribution in [0.25, 0.3) is 11.3 Å². The highest BCUT2D eigenvalue weighted by Gasteiger charge is 2.19. The van der Waals surface area contributed by atoms with Gasteiger partial charge in [0.05, 0.1) is 24.8 Å². The molecule has 0 aliphatic rings. The fourth-order valence-electron chi connectivity index (χ4n) is 2.61. The number of ether oxygens (including phenoxy) is 2. The molecule has 0 saturated carbocycles. The van der Waals surface area contributed by atoms with Crippen LogP contribution in [0.4, 0.5) is 5.13 Å². The van der Waals surface area contributed by atoms with Gasteiger partial charge in [0.25, 0.3) is 10.0 Å². The molecule has 27 heavy (non-hydrogen) atoms. The van der Waals surface area contributed by atoms with Crippen molar-refractivity contribution in [2.45, 2.75) is 18.7 Å². The van der Waals surface area contributed by atoms with Crippen LogP contribution in [-0.2, 0) is 10.0 Å². The Kier molecular flexibility index (Phi) is 5.38. The van der Waals surface area contributed by atoms with Crippen LogP contribution in [0, 0.1) is 13.8 Å². The topological polar surface area (TPSA) is 77.5 Å². The summed E-state index contributed by atoms with van der Waals surface area (Å²) in [7, 11) is -0.844. The van der Waals surface area contributed by atoms with Crippen molar-refractivity contribution in [3.05, 3.63) is 52.9 Å². The molecule has 0 bridgehead atoms. The number of hydrogen-bond donors (Lipinski definition) is 1. The summed E-state index contributed by atoms with van der Waals surface area (Å²) in [5.41, 5.74) is 3.94. The van der Waals surface area contributed by atoms with Crippen molar-refractivity contribution in [2.24, 2.45) is 0 Å². The van der Waals surface area contributed by atoms with Gasteiger partial charge in [0.1, 0.15) is 0 Å². The second-order valence-electron chi connectivity index (χ2n) is 5.98. The monoisotopic (exact) mass is 404 g/mol. The normalized spacial score (nSPS) is 11.3. The first-order valence-corrected chi connectivity index (χ1v) is 10.5. The Labute approximate surface area is 162 Å². The smallest absolute Gasteiger partial charge is 0.263 e. The fraction of sp³-hybridized carbons (Fsp3) is 0.211. The third-order valence-corrected chi connectivity index (χ3v) is 6.28. The first-order chi connectivity index (χ1) is 12.8. The van der Waals surface area contributed by atoms with Crippen molar-refractivity contribution in [3.63, 3.8) is 0 Å². The third-order valence-electron chi connectivity index (χ3n) is 4.06. The van der Waals surface area contributed by atoms with E-state index in [9.17, 15) is 8.42 Å². The number of sulfonamides is 1. The van der Waals surface area contributed by atoms with E-state index < -0.39 is 10.0 Å². The number of methoxy groups -OCH3 is 2. The lowest BCUT2D eigenvalue weighted by molar-refractivity contribution is 0.354. The van der Waals surface area contributed by atoms with E-state index >= 15 is 0 Å². The summed E-state index contributed by atoms with van der Waals surface area (Å²) < 4.78 is 38.2. The Morgan fingerprint density at radius 3 is 2.44 bits per heavy atom. The van der Waals surface area contributed by atoms with Crippen molar-refractivity contribution >= 4 is 26.5 Å². The molecule has 0 aliphatic heterocycles. The average Bonchev–Trinajstić information content (AvgIpc) is 3.10. The highest BCUT2D eigenvalue weighted by atomic mass is 32.2. The SMILES string of the molecule is COc1ccc(S(=O)(=O)Nc2nc(-c3cc(C)ccc3C)cs2)cc1OC. The zero-order valence-electron chi connectivity index (χ0n) is 15.4. The molecule has 0 radical (unpaired) electrons. The molecule has 1 heterocycles. The summed E-state index contributed by atoms with van der Waals surface area (Å²) in [6.45, 7) is 4.01. The van der Waals surface area contributed by atoms with Crippen molar-refractivity contribution in [1.82, 2.24) is 4.98 Å². The lowest BCUT2D eigenvalue weighted by Gasteiger charge is -2.10. The first-order valence-electron chi connectivity index (χ1n) is 8.12. The van der Waals surface area contributed by atoms with Gasteiger partial charge in [-0.15, -0.1) is 11.3 Å². The van der Waals surface area contributed by atoms with Crippen LogP contribution < -0.4 is 14.2 Å². The van der Waals surface area contributed by atoms with Crippen LogP contribution in [-0.4, -0.2) is 27.6 Å². The zero-order valence-corrected chi connectivity index (χ0v) is 17.1. The Hall–Kier alpha value is -2.58. The third kappa shape index (κ3) is 4.06. The minimum atomic E-state index is -3.80. The van der Waals surface area contributed by atoms with Gasteiger partial charge < -0.3 is 9.47 Å². The molecular weight excluding hydrogens is 384 g/mol. The number of nitrogens with zero attached hydrogens (tertiary/aromatic N) is 1. The molecule has 3 aromatic rings. The zero-order chi connectivity index (χ0) is 19.6. The van der Waals surface area contributed by atoms with E-state index in [1.807, 2.05) is 37.4 Å². The second-order valence-corrected chi connectivity index (χ2v) is 8.52. The Morgan fingerprint density at radius 2 is 1.74 bits per heavy atom. The predicted octanol–water partition coefficient (Wildman–Crippen LogP) is 4.24. The van der Waals surface area contributed by atoms with Crippen LogP contribution in [0.2, 0.25) is 0 Å². The van der Waals surface area contributed by atoms with Gasteiger partial charge in [-0.25, -0.2) is 13.4 Å². The molecule has 8 heteroatoms. The van der Waals surface area contributed by atoms with Gasteiger partial charge in [0, 0.05) is 17.0 Å². The van der Waals surface area contributed by atoms with E-state index in [2.05, 4.69) is 9.71 Å². The number of anilines is 1. The van der Waals surface area contributed by atoms with Crippen molar-refractivity contribution < 1.29 is 17.9 Å². The van der Waals surface area contributed by atoms with E-state index in [1.54, 1.807) is 6.07 Å². The summed E-state index contributed by atoms with van der Waals surface area (Å²) >= 11 is 1.24. The maximum Gasteiger partial charge on any atom is 0.263 e. The van der Waals surface area contributed by atoms with E-state index in [0.717, 1.165) is 22.4 Å². The summed E-state index contributed by atoms with van der Waals surface area (Å²) in [5, 5.41) is 2.15. The summed E-state index contributed by atoms with van der Waals surface area (Å²) in [4.78, 5) is 4.51. The second kappa shape index (κ2) is 7.58. The van der Waals surface area contributed by atoms with Crippen LogP contribution in [0.5, 0.6) is 11.5 Å². The first kappa shape index (κ1) is 19.2. The quantitative estimate of drug-likeness (QED) is 0.665. The van der Waals surface area contributed by atoms with Gasteiger partial charge in [-0.3, -0.25) is 4.72 Å². The maximum absolute atomic E-state index is 12.7. The molecule has 2 aromatic carbocycles. The minimum absolute atomic E-state index is 0.0728. The van der Waals surface area contributed by atoms with Gasteiger partial charge in [-0.1, -0.05) is 17.7 Å². The van der Waals surface area contributed by atoms with Gasteiger partial charge in [0.15, 0.2) is 16.6 Å². The largest absolute Gasteiger partial charge is 0.493 e. The molecule has 1 N–H and O–H groups in total. The standard InChI is InChI=1S/C19H20N2O4S2/c1-12-5-6-13(2)15(9-12)16-11-26-19(20-16)21-27(22,23)14-7-8-17(24-3)18(10-14)25-4/h5-11H,1-4H3,(H,20,21). The van der Waals surface area contributed by atoms with Crippen LogP contribution in [0.3, 0.4) is 0 Å². The van der Waals surface area contributed by atoms with E-state index in [-0.39, 0.29) is 4.90 Å². The number of aromatic nitrogens is 1. The Bertz CT molecular complexity index is 1080. The van der Waals surface area contributed by atoms with Crippen molar-refractivity contribution in [1.29, 1.82) is 0 Å². The number of benzene rings is 2. The molecule has 3 rings (SSSR count). The number of nitrogens with one attached hydrogen (secondary N) is 1. The fourth-order valence-corrected chi connectivity index (χ4v) is 4.59. The molecule has 142 valence electrons. The van der Waals surface area contributed by atoms with E-state index in [0.29, 0.717) is 16.6 Å². The number of aryl methyl sites for hydroxylation is 2. The van der Waals surface area contributed by atoms with Gasteiger partial charge in [0.2, 0.25) is 0 Å². The molecule has 0 aliphatic carbocycles. The summed E-state index contributed by atoms with van der Waals surface area (Å²) in [6.07, 6.45) is 0. The lowest BCUT2D eigenvalue weighted by atomic mass is 10.0. The number of hydrogen-bond acceptors (Lipinski definition) is 6. The van der Waals surface area contributed by atoms with Crippen molar-refractivity contribution in [2.75, 3.05) is 18.9 Å². The average molecular weight is 405 g/mol. The molecule has 0 saturated heterocycles. The van der Waals surface area contributed by atoms with Crippen LogP contribution >= 0.6 is 11.3 Å². The van der Waals surface area contributed by atoms with Gasteiger partial charge >= 0.3 is 0 Å². The lowest BCUT2D eigenvalue weighted by Crippen LogP contribution is -2.13. The highest BCUT2D eigenvalue weighted by molar-refractivity contribution is 7.93. The van der Waals surface area contributed by atoms with Gasteiger partial charge in [-0.2, -0.15) is 0 Å². The van der Waals surface area contributed by atoms with E-state index in [1.165, 1.54) is 37.7 Å². The summed E-state index contributed by atoms with van der Waals surface area (Å²) in [5.74, 6) is 0.804. The van der Waals surface area contributed by atoms with Gasteiger partial charge in [-0.05, 0) is 37.6 Å². The number of thiazole rings is 1. The minimum Gasteiger partial charge on any atom is -0.493 e. The molecule has 0 unspecified atom stereocenters. The summed E-state index contributed by atoms with van der Waals surface area (Å²) in [6, 6.07) is 10.5. The Morgan fingerprint density at radius 1 is 1.00 bits per heavy atom. The molecule has 0 atom stereocenters. The molecule has 1 aromatic heterocycles. The number of rotatable bonds is 6. The Balaban J connectivity index is 1.89. The molecule has 6 nitrogen and oxygen atoms in total. The maximum atomic E-state index is 12.7. The van der Waals surface area contributed by atoms with Crippen LogP contribution in [0.15, 0.2) is 46.7 Å².